The summed E-state index contributed by atoms with van der Waals surface area (Å²) >= 11 is 0. The molecule has 204 valence electrons. The van der Waals surface area contributed by atoms with Crippen molar-refractivity contribution in [3.63, 3.8) is 0 Å². The minimum absolute atomic E-state index is 0.0438. The molecule has 9 heteroatoms. The number of nitrogens with zero attached hydrogens (tertiary/aromatic N) is 1. The van der Waals surface area contributed by atoms with Crippen LogP contribution in [0.4, 0.5) is 0 Å². The highest BCUT2D eigenvalue weighted by Gasteiger charge is 2.25. The molecule has 0 fully saturated rings. The Morgan fingerprint density at radius 3 is 2.03 bits per heavy atom. The number of unbranched alkanes of at least 4 members (excludes halogenated alkanes) is 5. The molecule has 35 heavy (non-hydrogen) atoms. The Kier molecular flexibility index (Phi) is 20.1. The van der Waals surface area contributed by atoms with Crippen LogP contribution in [0.3, 0.4) is 0 Å². The van der Waals surface area contributed by atoms with Crippen LogP contribution in [0.15, 0.2) is 36.5 Å². The number of rotatable bonds is 22. The van der Waals surface area contributed by atoms with E-state index in [1.54, 1.807) is 0 Å². The van der Waals surface area contributed by atoms with Gasteiger partial charge in [0.1, 0.15) is 19.3 Å². The van der Waals surface area contributed by atoms with Crippen molar-refractivity contribution in [3.8, 4) is 0 Å². The summed E-state index contributed by atoms with van der Waals surface area (Å²) in [6.45, 7) is 1.86. The van der Waals surface area contributed by atoms with E-state index in [1.165, 1.54) is 25.7 Å². The van der Waals surface area contributed by atoms with Crippen LogP contribution in [0.25, 0.3) is 0 Å². The molecule has 0 spiro atoms. The van der Waals surface area contributed by atoms with Crippen molar-refractivity contribution in [1.29, 1.82) is 0 Å². The molecule has 0 saturated carbocycles. The van der Waals surface area contributed by atoms with Crippen LogP contribution >= 0.6 is 7.82 Å². The van der Waals surface area contributed by atoms with Crippen molar-refractivity contribution in [3.05, 3.63) is 36.5 Å². The summed E-state index contributed by atoms with van der Waals surface area (Å²) in [5.74, 6) is -0.471. The topological polar surface area (TPSA) is 102 Å². The summed E-state index contributed by atoms with van der Waals surface area (Å²) in [7, 11) is 1.52. The quantitative estimate of drug-likeness (QED) is 0.0657. The van der Waals surface area contributed by atoms with Crippen molar-refractivity contribution in [2.45, 2.75) is 77.2 Å². The van der Waals surface area contributed by atoms with E-state index in [9.17, 15) is 19.4 Å². The second-order valence-electron chi connectivity index (χ2n) is 9.53. The Labute approximate surface area is 212 Å². The van der Waals surface area contributed by atoms with Crippen molar-refractivity contribution in [2.75, 3.05) is 47.5 Å². The first-order valence-corrected chi connectivity index (χ1v) is 14.3. The molecule has 0 aromatic heterocycles. The third-order valence-electron chi connectivity index (χ3n) is 4.96. The molecule has 0 aliphatic carbocycles. The van der Waals surface area contributed by atoms with E-state index in [1.807, 2.05) is 21.1 Å². The predicted molar refractivity (Wildman–Crippen MR) is 141 cm³/mol. The zero-order valence-electron chi connectivity index (χ0n) is 22.3. The zero-order valence-corrected chi connectivity index (χ0v) is 23.2. The van der Waals surface area contributed by atoms with Gasteiger partial charge in [-0.15, -0.1) is 0 Å². The van der Waals surface area contributed by atoms with E-state index in [0.29, 0.717) is 17.4 Å². The number of aliphatic hydroxyl groups is 1. The van der Waals surface area contributed by atoms with Crippen LogP contribution in [-0.2, 0) is 23.1 Å². The Bertz CT molecular complexity index is 671. The first-order chi connectivity index (χ1) is 16.6. The van der Waals surface area contributed by atoms with Gasteiger partial charge in [-0.25, -0.2) is 4.57 Å². The van der Waals surface area contributed by atoms with Gasteiger partial charge in [-0.1, -0.05) is 56.2 Å². The minimum Gasteiger partial charge on any atom is -0.457 e. The Balaban J connectivity index is 3.90. The summed E-state index contributed by atoms with van der Waals surface area (Å²) in [4.78, 5) is 21.7. The van der Waals surface area contributed by atoms with Crippen LogP contribution in [0, 0.1) is 0 Å². The molecule has 0 aromatic carbocycles. The number of aliphatic hydroxyl groups excluding tert-OH is 1. The van der Waals surface area contributed by atoms with Gasteiger partial charge >= 0.3 is 13.8 Å². The summed E-state index contributed by atoms with van der Waals surface area (Å²) in [5.41, 5.74) is 0. The number of carbonyl (C=O) groups excluding carboxylic acids is 1. The molecule has 0 radical (unpaired) electrons. The molecule has 0 rings (SSSR count). The summed E-state index contributed by atoms with van der Waals surface area (Å²) in [5, 5.41) is 9.37. The Morgan fingerprint density at radius 2 is 1.49 bits per heavy atom. The second-order valence-corrected chi connectivity index (χ2v) is 11.0. The lowest BCUT2D eigenvalue weighted by molar-refractivity contribution is -0.870. The molecule has 2 N–H and O–H groups in total. The van der Waals surface area contributed by atoms with E-state index in [2.05, 4.69) is 43.4 Å². The first kappa shape index (κ1) is 33.7. The summed E-state index contributed by atoms with van der Waals surface area (Å²) < 4.78 is 27.4. The molecule has 0 saturated heterocycles. The fourth-order valence-corrected chi connectivity index (χ4v) is 3.58. The van der Waals surface area contributed by atoms with Gasteiger partial charge in [-0.2, -0.15) is 0 Å². The lowest BCUT2D eigenvalue weighted by atomic mass is 10.1. The maximum Gasteiger partial charge on any atom is 0.472 e. The Hall–Kier alpha value is -1.28. The average Bonchev–Trinajstić information content (AvgIpc) is 2.78. The molecule has 1 unspecified atom stereocenters. The van der Waals surface area contributed by atoms with Gasteiger partial charge in [0.25, 0.3) is 0 Å². The molecule has 0 amide bonds. The maximum atomic E-state index is 12.0. The predicted octanol–water partition coefficient (Wildman–Crippen LogP) is 5.32. The molecule has 2 atom stereocenters. The molecule has 0 aliphatic rings. The van der Waals surface area contributed by atoms with Crippen molar-refractivity contribution < 1.29 is 37.6 Å². The van der Waals surface area contributed by atoms with E-state index < -0.39 is 33.1 Å². The van der Waals surface area contributed by atoms with E-state index in [0.717, 1.165) is 25.7 Å². The van der Waals surface area contributed by atoms with Gasteiger partial charge in [-0.05, 0) is 44.9 Å². The number of esters is 1. The van der Waals surface area contributed by atoms with Crippen LogP contribution < -0.4 is 0 Å². The summed E-state index contributed by atoms with van der Waals surface area (Å²) in [6.07, 6.45) is 21.5. The molecule has 0 heterocycles. The lowest BCUT2D eigenvalue weighted by Crippen LogP contribution is -2.37. The van der Waals surface area contributed by atoms with Gasteiger partial charge in [0.15, 0.2) is 0 Å². The zero-order chi connectivity index (χ0) is 26.4. The number of likely N-dealkylation sites (N-methyl/N-ethyl adjacent to an activating group) is 1. The first-order valence-electron chi connectivity index (χ1n) is 12.8. The molecular weight excluding hydrogens is 469 g/mol. The molecule has 0 aromatic rings. The average molecular weight is 519 g/mol. The van der Waals surface area contributed by atoms with Crippen LogP contribution in [0.2, 0.25) is 0 Å². The highest BCUT2D eigenvalue weighted by molar-refractivity contribution is 7.47. The fourth-order valence-electron chi connectivity index (χ4n) is 2.83. The van der Waals surface area contributed by atoms with E-state index in [4.69, 9.17) is 13.8 Å². The number of quaternary nitrogens is 1. The Morgan fingerprint density at radius 1 is 0.914 bits per heavy atom. The normalized spacial score (nSPS) is 15.3. The number of ether oxygens (including phenoxy) is 1. The molecule has 8 nitrogen and oxygen atoms in total. The number of carbonyl (C=O) groups is 1. The molecular formula is C26H49NO7P+. The van der Waals surface area contributed by atoms with Crippen molar-refractivity contribution >= 4 is 13.8 Å². The third-order valence-corrected chi connectivity index (χ3v) is 5.95. The fraction of sp³-hybridized carbons (Fsp3) is 0.731. The van der Waals surface area contributed by atoms with Gasteiger partial charge < -0.3 is 19.2 Å². The number of allylic oxidation sites excluding steroid dienone is 6. The van der Waals surface area contributed by atoms with Crippen LogP contribution in [-0.4, -0.2) is 74.1 Å². The standard InChI is InChI=1S/C26H48NO7P/c1-5-6-7-8-9-10-11-12-13-14-15-16-17-18-19-20-26(29)34-25(23-28)24-33-35(30,31)32-22-21-27(2,3)4/h9-10,12-13,15-16,25,28H,5-8,11,14,17-24H2,1-4H3/p+1/b10-9-,13-12-,16-15-/t25-/m1/s1. The highest BCUT2D eigenvalue weighted by atomic mass is 31.2. The van der Waals surface area contributed by atoms with E-state index >= 15 is 0 Å². The van der Waals surface area contributed by atoms with Crippen molar-refractivity contribution in [2.24, 2.45) is 0 Å². The monoisotopic (exact) mass is 518 g/mol. The largest absolute Gasteiger partial charge is 0.472 e. The number of phosphoric acid groups is 1. The van der Waals surface area contributed by atoms with Crippen LogP contribution in [0.5, 0.6) is 0 Å². The second kappa shape index (κ2) is 20.9. The minimum atomic E-state index is -4.27. The van der Waals surface area contributed by atoms with E-state index in [-0.39, 0.29) is 13.0 Å². The number of hydrogen-bond donors (Lipinski definition) is 2. The maximum absolute atomic E-state index is 12.0. The van der Waals surface area contributed by atoms with Crippen molar-refractivity contribution in [1.82, 2.24) is 0 Å². The number of hydrogen-bond acceptors (Lipinski definition) is 6. The van der Waals surface area contributed by atoms with Gasteiger partial charge in [0.05, 0.1) is 34.4 Å². The lowest BCUT2D eigenvalue weighted by Gasteiger charge is -2.24. The van der Waals surface area contributed by atoms with Gasteiger partial charge in [0.2, 0.25) is 0 Å². The molecule has 0 aliphatic heterocycles. The third kappa shape index (κ3) is 24.2. The van der Waals surface area contributed by atoms with Gasteiger partial charge in [0, 0.05) is 6.42 Å². The smallest absolute Gasteiger partial charge is 0.457 e. The molecule has 0 bridgehead atoms. The summed E-state index contributed by atoms with van der Waals surface area (Å²) in [6, 6.07) is 0. The van der Waals surface area contributed by atoms with Gasteiger partial charge in [-0.3, -0.25) is 13.8 Å². The number of phosphoric ester groups is 1. The SMILES string of the molecule is CCCCC/C=C\C/C=C\C/C=C\CCCCC(=O)O[C@H](CO)COP(=O)(O)OCC[N+](C)(C)C. The van der Waals surface area contributed by atoms with Crippen LogP contribution in [0.1, 0.15) is 71.1 Å². The highest BCUT2D eigenvalue weighted by Crippen LogP contribution is 2.43.